The number of nitrogens with zero attached hydrogens (tertiary/aromatic N) is 5. The van der Waals surface area contributed by atoms with Crippen LogP contribution in [0.1, 0.15) is 48.3 Å². The molecule has 29 heavy (non-hydrogen) atoms. The predicted octanol–water partition coefficient (Wildman–Crippen LogP) is 1.49. The monoisotopic (exact) mass is 398 g/mol. The number of aromatic nitrogens is 4. The average Bonchev–Trinajstić information content (AvgIpc) is 3.34. The van der Waals surface area contributed by atoms with E-state index in [1.165, 1.54) is 24.1 Å². The average molecular weight is 399 g/mol. The van der Waals surface area contributed by atoms with Crippen LogP contribution in [-0.4, -0.2) is 67.8 Å². The molecule has 1 fully saturated rings. The number of hydrogen-bond donors (Lipinski definition) is 1. The van der Waals surface area contributed by atoms with Crippen LogP contribution in [0.4, 0.5) is 0 Å². The minimum Gasteiger partial charge on any atom is -0.341 e. The summed E-state index contributed by atoms with van der Waals surface area (Å²) < 4.78 is 1.72. The number of aryl methyl sites for hydroxylation is 2. The molecule has 2 aromatic heterocycles. The second-order valence-corrected chi connectivity index (χ2v) is 8.28. The summed E-state index contributed by atoms with van der Waals surface area (Å²) in [4.78, 5) is 29.3. The fourth-order valence-electron chi connectivity index (χ4n) is 4.46. The van der Waals surface area contributed by atoms with Gasteiger partial charge in [-0.15, -0.1) is 0 Å². The molecule has 0 radical (unpaired) electrons. The zero-order chi connectivity index (χ0) is 20.4. The molecule has 1 atom stereocenters. The summed E-state index contributed by atoms with van der Waals surface area (Å²) >= 11 is 0. The van der Waals surface area contributed by atoms with E-state index in [4.69, 9.17) is 0 Å². The van der Waals surface area contributed by atoms with Crippen LogP contribution in [0.25, 0.3) is 0 Å². The highest BCUT2D eigenvalue weighted by molar-refractivity contribution is 5.79. The molecule has 156 valence electrons. The Morgan fingerprint density at radius 3 is 2.90 bits per heavy atom. The van der Waals surface area contributed by atoms with Crippen molar-refractivity contribution in [1.29, 1.82) is 0 Å². The van der Waals surface area contributed by atoms with Crippen LogP contribution in [0.15, 0.2) is 12.3 Å². The van der Waals surface area contributed by atoms with Crippen molar-refractivity contribution in [3.8, 4) is 0 Å². The highest BCUT2D eigenvalue weighted by Crippen LogP contribution is 2.23. The van der Waals surface area contributed by atoms with Gasteiger partial charge in [0.25, 0.3) is 0 Å². The number of fused-ring (bicyclic) bond motifs is 1. The van der Waals surface area contributed by atoms with E-state index in [2.05, 4.69) is 15.3 Å². The van der Waals surface area contributed by atoms with Crippen molar-refractivity contribution in [1.82, 2.24) is 29.8 Å². The molecule has 0 spiro atoms. The zero-order valence-corrected chi connectivity index (χ0v) is 17.4. The van der Waals surface area contributed by atoms with Crippen molar-refractivity contribution in [2.24, 2.45) is 0 Å². The number of likely N-dealkylation sites (N-methyl/N-ethyl adjacent to an activating group) is 1. The summed E-state index contributed by atoms with van der Waals surface area (Å²) in [6.07, 6.45) is 8.26. The van der Waals surface area contributed by atoms with Gasteiger partial charge in [-0.1, -0.05) is 0 Å². The number of carbonyl (C=O) groups is 2. The Hall–Kier alpha value is -2.64. The van der Waals surface area contributed by atoms with E-state index in [0.29, 0.717) is 13.0 Å². The minimum absolute atomic E-state index is 0.0497. The standard InChI is InChI=1S/C21H30N6O2/c1-15-9-10-22-27(15)14-21(29)26-11-5-6-16(13-26)25(2)20(28)12-19-17-7-3-4-8-18(17)23-24-19/h9-10,16H,3-8,11-14H2,1-2H3,(H,23,24). The zero-order valence-electron chi connectivity index (χ0n) is 17.4. The molecule has 2 amide bonds. The van der Waals surface area contributed by atoms with Crippen LogP contribution in [-0.2, 0) is 35.4 Å². The molecule has 0 aromatic carbocycles. The van der Waals surface area contributed by atoms with Crippen molar-refractivity contribution in [2.75, 3.05) is 20.1 Å². The summed E-state index contributed by atoms with van der Waals surface area (Å²) in [6, 6.07) is 1.95. The summed E-state index contributed by atoms with van der Waals surface area (Å²) in [6.45, 7) is 3.52. The molecule has 4 rings (SSSR count). The van der Waals surface area contributed by atoms with Crippen molar-refractivity contribution in [3.63, 3.8) is 0 Å². The molecule has 0 bridgehead atoms. The Kier molecular flexibility index (Phi) is 5.69. The van der Waals surface area contributed by atoms with Crippen LogP contribution in [0.2, 0.25) is 0 Å². The minimum atomic E-state index is 0.0497. The van der Waals surface area contributed by atoms with Crippen molar-refractivity contribution < 1.29 is 9.59 Å². The van der Waals surface area contributed by atoms with Gasteiger partial charge in [0.1, 0.15) is 6.54 Å². The molecule has 2 aromatic rings. The molecule has 8 nitrogen and oxygen atoms in total. The van der Waals surface area contributed by atoms with Crippen molar-refractivity contribution in [3.05, 3.63) is 34.9 Å². The second kappa shape index (κ2) is 8.39. The van der Waals surface area contributed by atoms with Gasteiger partial charge in [0.05, 0.1) is 12.1 Å². The first-order valence-corrected chi connectivity index (χ1v) is 10.6. The number of nitrogens with one attached hydrogen (secondary N) is 1. The summed E-state index contributed by atoms with van der Waals surface area (Å²) in [5, 5.41) is 11.7. The maximum atomic E-state index is 12.9. The van der Waals surface area contributed by atoms with Gasteiger partial charge in [-0.05, 0) is 57.1 Å². The predicted molar refractivity (Wildman–Crippen MR) is 108 cm³/mol. The smallest absolute Gasteiger partial charge is 0.244 e. The molecule has 1 aliphatic heterocycles. The molecular weight excluding hydrogens is 368 g/mol. The van der Waals surface area contributed by atoms with E-state index in [1.807, 2.05) is 29.8 Å². The van der Waals surface area contributed by atoms with Crippen LogP contribution >= 0.6 is 0 Å². The van der Waals surface area contributed by atoms with Gasteiger partial charge in [0.15, 0.2) is 0 Å². The molecular formula is C21H30N6O2. The summed E-state index contributed by atoms with van der Waals surface area (Å²) in [7, 11) is 1.86. The molecule has 1 unspecified atom stereocenters. The Morgan fingerprint density at radius 2 is 2.10 bits per heavy atom. The lowest BCUT2D eigenvalue weighted by Gasteiger charge is -2.37. The number of H-pyrrole nitrogens is 1. The third-order valence-corrected chi connectivity index (χ3v) is 6.36. The number of amides is 2. The number of hydrogen-bond acceptors (Lipinski definition) is 4. The number of likely N-dealkylation sites (tertiary alicyclic amines) is 1. The van der Waals surface area contributed by atoms with Crippen molar-refractivity contribution >= 4 is 11.8 Å². The molecule has 1 saturated heterocycles. The van der Waals surface area contributed by atoms with E-state index in [9.17, 15) is 9.59 Å². The number of carbonyl (C=O) groups excluding carboxylic acids is 2. The Bertz CT molecular complexity index is 886. The van der Waals surface area contributed by atoms with Crippen LogP contribution in [0.3, 0.4) is 0 Å². The molecule has 1 aliphatic carbocycles. The Morgan fingerprint density at radius 1 is 1.28 bits per heavy atom. The van der Waals surface area contributed by atoms with Gasteiger partial charge in [-0.2, -0.15) is 10.2 Å². The van der Waals surface area contributed by atoms with Gasteiger partial charge < -0.3 is 9.80 Å². The fraction of sp³-hybridized carbons (Fsp3) is 0.619. The summed E-state index contributed by atoms with van der Waals surface area (Å²) in [5.74, 6) is 0.135. The highest BCUT2D eigenvalue weighted by Gasteiger charge is 2.29. The normalized spacial score (nSPS) is 19.1. The van der Waals surface area contributed by atoms with E-state index in [1.54, 1.807) is 10.9 Å². The second-order valence-electron chi connectivity index (χ2n) is 8.28. The Labute approximate surface area is 171 Å². The van der Waals surface area contributed by atoms with Gasteiger partial charge in [-0.3, -0.25) is 19.4 Å². The van der Waals surface area contributed by atoms with Gasteiger partial charge >= 0.3 is 0 Å². The number of rotatable bonds is 5. The van der Waals surface area contributed by atoms with Crippen molar-refractivity contribution in [2.45, 2.75) is 64.5 Å². The first-order valence-electron chi connectivity index (χ1n) is 10.6. The highest BCUT2D eigenvalue weighted by atomic mass is 16.2. The third kappa shape index (κ3) is 4.21. The van der Waals surface area contributed by atoms with Crippen LogP contribution in [0.5, 0.6) is 0 Å². The third-order valence-electron chi connectivity index (χ3n) is 6.36. The quantitative estimate of drug-likeness (QED) is 0.827. The maximum absolute atomic E-state index is 12.9. The molecule has 1 N–H and O–H groups in total. The van der Waals surface area contributed by atoms with E-state index >= 15 is 0 Å². The molecule has 8 heteroatoms. The molecule has 3 heterocycles. The maximum Gasteiger partial charge on any atom is 0.244 e. The lowest BCUT2D eigenvalue weighted by molar-refractivity contribution is -0.138. The first kappa shape index (κ1) is 19.7. The summed E-state index contributed by atoms with van der Waals surface area (Å²) in [5.41, 5.74) is 4.31. The SMILES string of the molecule is Cc1ccnn1CC(=O)N1CCCC(N(C)C(=O)Cc2n[nH]c3c2CCCC3)C1. The lowest BCUT2D eigenvalue weighted by atomic mass is 9.95. The first-order chi connectivity index (χ1) is 14.0. The number of aromatic amines is 1. The van der Waals surface area contributed by atoms with E-state index in [-0.39, 0.29) is 24.4 Å². The van der Waals surface area contributed by atoms with Crippen LogP contribution in [0, 0.1) is 6.92 Å². The topological polar surface area (TPSA) is 87.1 Å². The van der Waals surface area contributed by atoms with Gasteiger partial charge in [-0.25, -0.2) is 0 Å². The van der Waals surface area contributed by atoms with Gasteiger partial charge in [0.2, 0.25) is 11.8 Å². The largest absolute Gasteiger partial charge is 0.341 e. The lowest BCUT2D eigenvalue weighted by Crippen LogP contribution is -2.51. The van der Waals surface area contributed by atoms with E-state index < -0.39 is 0 Å². The molecule has 2 aliphatic rings. The Balaban J connectivity index is 1.36. The van der Waals surface area contributed by atoms with Crippen LogP contribution < -0.4 is 0 Å². The number of piperidine rings is 1. The molecule has 0 saturated carbocycles. The van der Waals surface area contributed by atoms with Gasteiger partial charge in [0, 0.05) is 43.8 Å². The fourth-order valence-corrected chi connectivity index (χ4v) is 4.46. The van der Waals surface area contributed by atoms with E-state index in [0.717, 1.165) is 43.6 Å².